The molecule has 1 aliphatic heterocycles. The van der Waals surface area contributed by atoms with Crippen LogP contribution in [0.5, 0.6) is 0 Å². The molecule has 0 atom stereocenters. The Morgan fingerprint density at radius 3 is 2.69 bits per heavy atom. The Bertz CT molecular complexity index is 1010. The lowest BCUT2D eigenvalue weighted by Gasteiger charge is -2.32. The van der Waals surface area contributed by atoms with Crippen molar-refractivity contribution in [3.63, 3.8) is 0 Å². The summed E-state index contributed by atoms with van der Waals surface area (Å²) < 4.78 is 16.8. The first-order valence-electron chi connectivity index (χ1n) is 9.72. The molecular weight excluding hydrogens is 390 g/mol. The number of fused-ring (bicyclic) bond motifs is 1. The minimum atomic E-state index is -0.486. The lowest BCUT2D eigenvalue weighted by Crippen LogP contribution is -2.41. The van der Waals surface area contributed by atoms with Gasteiger partial charge in [-0.15, -0.1) is 11.8 Å². The van der Waals surface area contributed by atoms with Gasteiger partial charge in [-0.1, -0.05) is 5.16 Å². The van der Waals surface area contributed by atoms with Gasteiger partial charge in [0.05, 0.1) is 0 Å². The number of hydrogen-bond donors (Lipinski definition) is 0. The highest BCUT2D eigenvalue weighted by atomic mass is 32.2. The predicted molar refractivity (Wildman–Crippen MR) is 111 cm³/mol. The molecule has 0 bridgehead atoms. The lowest BCUT2D eigenvalue weighted by atomic mass is 9.96. The predicted octanol–water partition coefficient (Wildman–Crippen LogP) is 5.32. The Kier molecular flexibility index (Phi) is 5.29. The number of hydrogen-bond acceptors (Lipinski definition) is 7. The van der Waals surface area contributed by atoms with E-state index in [1.54, 1.807) is 16.7 Å². The summed E-state index contributed by atoms with van der Waals surface area (Å²) in [7, 11) is 0. The fourth-order valence-corrected chi connectivity index (χ4v) is 3.85. The van der Waals surface area contributed by atoms with Gasteiger partial charge < -0.3 is 18.6 Å². The molecule has 1 fully saturated rings. The Balaban J connectivity index is 1.43. The van der Waals surface area contributed by atoms with Crippen LogP contribution in [-0.2, 0) is 4.74 Å². The van der Waals surface area contributed by atoms with Gasteiger partial charge in [0.25, 0.3) is 5.89 Å². The standard InChI is InChI=1S/C21H25N3O4S/c1-21(2,3)27-20(25)24-9-7-13(8-10-24)18-22-19(28-23-18)17-12-14-11-15(29-4)5-6-16(14)26-17/h5-6,11-13H,7-10H2,1-4H3. The normalized spacial score (nSPS) is 15.8. The van der Waals surface area contributed by atoms with Gasteiger partial charge in [0.2, 0.25) is 0 Å². The molecule has 0 spiro atoms. The highest BCUT2D eigenvalue weighted by Gasteiger charge is 2.30. The fraction of sp³-hybridized carbons (Fsp3) is 0.476. The number of aromatic nitrogens is 2. The maximum absolute atomic E-state index is 12.2. The van der Waals surface area contributed by atoms with Gasteiger partial charge in [0.1, 0.15) is 11.2 Å². The zero-order chi connectivity index (χ0) is 20.6. The third-order valence-electron chi connectivity index (χ3n) is 4.89. The summed E-state index contributed by atoms with van der Waals surface area (Å²) in [5.41, 5.74) is 0.308. The van der Waals surface area contributed by atoms with Crippen molar-refractivity contribution in [3.05, 3.63) is 30.1 Å². The molecule has 0 saturated carbocycles. The van der Waals surface area contributed by atoms with E-state index in [-0.39, 0.29) is 12.0 Å². The molecule has 3 aromatic rings. The van der Waals surface area contributed by atoms with E-state index >= 15 is 0 Å². The lowest BCUT2D eigenvalue weighted by molar-refractivity contribution is 0.0203. The molecule has 0 N–H and O–H groups in total. The van der Waals surface area contributed by atoms with Gasteiger partial charge in [0, 0.05) is 29.3 Å². The smallest absolute Gasteiger partial charge is 0.410 e. The van der Waals surface area contributed by atoms with Gasteiger partial charge in [-0.25, -0.2) is 4.79 Å². The Morgan fingerprint density at radius 2 is 2.00 bits per heavy atom. The Morgan fingerprint density at radius 1 is 1.24 bits per heavy atom. The summed E-state index contributed by atoms with van der Waals surface area (Å²) in [6, 6.07) is 7.99. The third-order valence-corrected chi connectivity index (χ3v) is 5.61. The van der Waals surface area contributed by atoms with Crippen LogP contribution < -0.4 is 0 Å². The number of furan rings is 1. The second-order valence-corrected chi connectivity index (χ2v) is 9.09. The quantitative estimate of drug-likeness (QED) is 0.536. The van der Waals surface area contributed by atoms with Crippen LogP contribution in [0.1, 0.15) is 45.4 Å². The van der Waals surface area contributed by atoms with Crippen molar-refractivity contribution >= 4 is 28.8 Å². The fourth-order valence-electron chi connectivity index (χ4n) is 3.40. The van der Waals surface area contributed by atoms with Crippen LogP contribution in [0.4, 0.5) is 4.79 Å². The maximum atomic E-state index is 12.2. The number of carbonyl (C=O) groups is 1. The number of thioether (sulfide) groups is 1. The summed E-state index contributed by atoms with van der Waals surface area (Å²) in [5, 5.41) is 5.18. The first-order valence-corrected chi connectivity index (χ1v) is 10.9. The first kappa shape index (κ1) is 19.8. The van der Waals surface area contributed by atoms with Crippen molar-refractivity contribution in [1.29, 1.82) is 0 Å². The van der Waals surface area contributed by atoms with E-state index in [1.807, 2.05) is 45.2 Å². The van der Waals surface area contributed by atoms with Crippen LogP contribution in [0.3, 0.4) is 0 Å². The zero-order valence-electron chi connectivity index (χ0n) is 17.1. The largest absolute Gasteiger partial charge is 0.451 e. The van der Waals surface area contributed by atoms with Crippen LogP contribution >= 0.6 is 11.8 Å². The molecule has 1 aliphatic rings. The monoisotopic (exact) mass is 415 g/mol. The van der Waals surface area contributed by atoms with E-state index in [1.165, 1.54) is 4.90 Å². The second kappa shape index (κ2) is 7.74. The molecule has 1 saturated heterocycles. The summed E-state index contributed by atoms with van der Waals surface area (Å²) in [6.07, 6.45) is 3.32. The van der Waals surface area contributed by atoms with Crippen molar-refractivity contribution in [3.8, 4) is 11.7 Å². The van der Waals surface area contributed by atoms with Crippen LogP contribution in [0.15, 0.2) is 38.1 Å². The average Bonchev–Trinajstić information content (AvgIpc) is 3.33. The van der Waals surface area contributed by atoms with E-state index in [0.29, 0.717) is 30.6 Å². The third kappa shape index (κ3) is 4.42. The highest BCUT2D eigenvalue weighted by Crippen LogP contribution is 2.32. The number of likely N-dealkylation sites (tertiary alicyclic amines) is 1. The Hall–Kier alpha value is -2.48. The molecule has 8 heteroatoms. The van der Waals surface area contributed by atoms with Crippen LogP contribution in [-0.4, -0.2) is 46.1 Å². The average molecular weight is 416 g/mol. The van der Waals surface area contributed by atoms with E-state index in [4.69, 9.17) is 13.7 Å². The van der Waals surface area contributed by atoms with Crippen LogP contribution in [0.2, 0.25) is 0 Å². The minimum Gasteiger partial charge on any atom is -0.451 e. The number of nitrogens with zero attached hydrogens (tertiary/aromatic N) is 3. The molecule has 2 aromatic heterocycles. The molecule has 4 rings (SSSR count). The Labute approximate surface area is 173 Å². The topological polar surface area (TPSA) is 81.6 Å². The van der Waals surface area contributed by atoms with Crippen molar-refractivity contribution < 1.29 is 18.5 Å². The number of rotatable bonds is 3. The molecular formula is C21H25N3O4S. The number of amides is 1. The van der Waals surface area contributed by atoms with E-state index in [0.717, 1.165) is 23.8 Å². The van der Waals surface area contributed by atoms with E-state index < -0.39 is 5.60 Å². The molecule has 3 heterocycles. The molecule has 1 amide bonds. The first-order chi connectivity index (χ1) is 13.8. The van der Waals surface area contributed by atoms with Crippen molar-refractivity contribution in [2.24, 2.45) is 0 Å². The minimum absolute atomic E-state index is 0.152. The SMILES string of the molecule is CSc1ccc2oc(-c3nc(C4CCN(C(=O)OC(C)(C)C)CC4)no3)cc2c1. The second-order valence-electron chi connectivity index (χ2n) is 8.21. The number of piperidine rings is 1. The van der Waals surface area contributed by atoms with Crippen LogP contribution in [0.25, 0.3) is 22.6 Å². The molecule has 0 radical (unpaired) electrons. The molecule has 154 valence electrons. The summed E-state index contributed by atoms with van der Waals surface area (Å²) >= 11 is 1.69. The van der Waals surface area contributed by atoms with Gasteiger partial charge >= 0.3 is 6.09 Å². The molecule has 0 unspecified atom stereocenters. The number of benzene rings is 1. The van der Waals surface area contributed by atoms with Gasteiger partial charge in [-0.3, -0.25) is 0 Å². The van der Waals surface area contributed by atoms with Crippen molar-refractivity contribution in [2.45, 2.75) is 50.0 Å². The summed E-state index contributed by atoms with van der Waals surface area (Å²) in [5.74, 6) is 1.77. The molecule has 0 aliphatic carbocycles. The summed E-state index contributed by atoms with van der Waals surface area (Å²) in [4.78, 5) is 19.7. The molecule has 7 nitrogen and oxygen atoms in total. The molecule has 29 heavy (non-hydrogen) atoms. The summed E-state index contributed by atoms with van der Waals surface area (Å²) in [6.45, 7) is 6.85. The number of carbonyl (C=O) groups excluding carboxylic acids is 1. The van der Waals surface area contributed by atoms with Crippen LogP contribution in [0, 0.1) is 0 Å². The van der Waals surface area contributed by atoms with Crippen molar-refractivity contribution in [2.75, 3.05) is 19.3 Å². The van der Waals surface area contributed by atoms with E-state index in [2.05, 4.69) is 16.2 Å². The maximum Gasteiger partial charge on any atom is 0.410 e. The van der Waals surface area contributed by atoms with Gasteiger partial charge in [-0.05, 0) is 64.1 Å². The van der Waals surface area contributed by atoms with Crippen molar-refractivity contribution in [1.82, 2.24) is 15.0 Å². The van der Waals surface area contributed by atoms with E-state index in [9.17, 15) is 4.79 Å². The number of ether oxygens (including phenoxy) is 1. The zero-order valence-corrected chi connectivity index (χ0v) is 17.9. The molecule has 1 aromatic carbocycles. The highest BCUT2D eigenvalue weighted by molar-refractivity contribution is 7.98. The van der Waals surface area contributed by atoms with Gasteiger partial charge in [0.15, 0.2) is 11.6 Å². The van der Waals surface area contributed by atoms with Gasteiger partial charge in [-0.2, -0.15) is 4.98 Å².